The van der Waals surface area contributed by atoms with E-state index < -0.39 is 5.92 Å². The number of hydrogen-bond acceptors (Lipinski definition) is 1. The predicted octanol–water partition coefficient (Wildman–Crippen LogP) is 4.06. The van der Waals surface area contributed by atoms with E-state index in [1.54, 1.807) is 0 Å². The maximum Gasteiger partial charge on any atom is 0.248 e. The van der Waals surface area contributed by atoms with E-state index in [0.29, 0.717) is 0 Å². The van der Waals surface area contributed by atoms with Crippen LogP contribution in [0.4, 0.5) is 14.5 Å². The number of anilines is 1. The quantitative estimate of drug-likeness (QED) is 0.788. The van der Waals surface area contributed by atoms with Gasteiger partial charge in [0.15, 0.2) is 0 Å². The highest BCUT2D eigenvalue weighted by molar-refractivity contribution is 14.1. The fourth-order valence-electron chi connectivity index (χ4n) is 2.08. The van der Waals surface area contributed by atoms with Gasteiger partial charge in [0, 0.05) is 28.0 Å². The number of carbonyl (C=O) groups excluding carboxylic acids is 1. The summed E-state index contributed by atoms with van der Waals surface area (Å²) in [4.78, 5) is 11.9. The Morgan fingerprint density at radius 3 is 2.33 bits per heavy atom. The van der Waals surface area contributed by atoms with Crippen molar-refractivity contribution in [1.82, 2.24) is 0 Å². The molecule has 1 aromatic carbocycles. The van der Waals surface area contributed by atoms with E-state index in [2.05, 4.69) is 27.9 Å². The van der Waals surface area contributed by atoms with Gasteiger partial charge in [0.05, 0.1) is 0 Å². The van der Waals surface area contributed by atoms with Gasteiger partial charge in [-0.3, -0.25) is 4.79 Å². The van der Waals surface area contributed by atoms with Crippen LogP contribution >= 0.6 is 22.6 Å². The van der Waals surface area contributed by atoms with Gasteiger partial charge in [-0.1, -0.05) is 0 Å². The molecule has 1 fully saturated rings. The molecule has 0 spiro atoms. The summed E-state index contributed by atoms with van der Waals surface area (Å²) in [5, 5.41) is 2.78. The summed E-state index contributed by atoms with van der Waals surface area (Å²) in [6.07, 6.45) is 0.169. The first-order valence-corrected chi connectivity index (χ1v) is 6.98. The Kier molecular flexibility index (Phi) is 4.19. The van der Waals surface area contributed by atoms with Crippen LogP contribution in [-0.4, -0.2) is 11.8 Å². The van der Waals surface area contributed by atoms with E-state index in [1.165, 1.54) is 0 Å². The van der Waals surface area contributed by atoms with Crippen molar-refractivity contribution < 1.29 is 13.6 Å². The second-order valence-corrected chi connectivity index (χ2v) is 5.87. The molecule has 0 unspecified atom stereocenters. The number of halogens is 3. The number of alkyl halides is 2. The Bertz CT molecular complexity index is 423. The van der Waals surface area contributed by atoms with Crippen LogP contribution in [0.5, 0.6) is 0 Å². The largest absolute Gasteiger partial charge is 0.326 e. The van der Waals surface area contributed by atoms with Crippen molar-refractivity contribution in [2.45, 2.75) is 31.6 Å². The molecule has 0 heterocycles. The Labute approximate surface area is 118 Å². The first-order valence-electron chi connectivity index (χ1n) is 5.90. The average Bonchev–Trinajstić information content (AvgIpc) is 2.32. The molecule has 2 rings (SSSR count). The summed E-state index contributed by atoms with van der Waals surface area (Å²) in [6.45, 7) is 0. The van der Waals surface area contributed by atoms with E-state index in [0.717, 1.165) is 9.26 Å². The summed E-state index contributed by atoms with van der Waals surface area (Å²) >= 11 is 2.18. The van der Waals surface area contributed by atoms with E-state index in [-0.39, 0.29) is 37.5 Å². The second kappa shape index (κ2) is 5.50. The molecule has 0 bridgehead atoms. The van der Waals surface area contributed by atoms with Crippen LogP contribution < -0.4 is 5.32 Å². The predicted molar refractivity (Wildman–Crippen MR) is 74.7 cm³/mol. The first-order chi connectivity index (χ1) is 8.46. The lowest BCUT2D eigenvalue weighted by atomic mass is 9.86. The van der Waals surface area contributed by atoms with Gasteiger partial charge < -0.3 is 5.32 Å². The van der Waals surface area contributed by atoms with Crippen LogP contribution in [0.15, 0.2) is 24.3 Å². The smallest absolute Gasteiger partial charge is 0.248 e. The molecular weight excluding hydrogens is 351 g/mol. The fourth-order valence-corrected chi connectivity index (χ4v) is 2.44. The van der Waals surface area contributed by atoms with Gasteiger partial charge in [0.1, 0.15) is 0 Å². The standard InChI is InChI=1S/C13H14F2INO/c14-13(15)7-5-9(6-8-13)12(18)17-11-3-1-10(16)2-4-11/h1-4,9H,5-8H2,(H,17,18). The Hall–Kier alpha value is -0.720. The maximum atomic E-state index is 13.0. The molecule has 0 saturated heterocycles. The molecule has 0 radical (unpaired) electrons. The van der Waals surface area contributed by atoms with Crippen LogP contribution in [0.25, 0.3) is 0 Å². The molecule has 1 aliphatic rings. The van der Waals surface area contributed by atoms with Crippen LogP contribution in [0, 0.1) is 9.49 Å². The van der Waals surface area contributed by atoms with Crippen LogP contribution in [0.2, 0.25) is 0 Å². The third-order valence-electron chi connectivity index (χ3n) is 3.20. The number of amides is 1. The van der Waals surface area contributed by atoms with Crippen molar-refractivity contribution in [2.24, 2.45) is 5.92 Å². The summed E-state index contributed by atoms with van der Waals surface area (Å²) in [5.41, 5.74) is 0.720. The Balaban J connectivity index is 1.91. The van der Waals surface area contributed by atoms with Crippen LogP contribution in [0.1, 0.15) is 25.7 Å². The van der Waals surface area contributed by atoms with Gasteiger partial charge in [-0.05, 0) is 59.7 Å². The SMILES string of the molecule is O=C(Nc1ccc(I)cc1)C1CCC(F)(F)CC1. The molecule has 98 valence electrons. The molecule has 1 aromatic rings. The first kappa shape index (κ1) is 13.7. The lowest BCUT2D eigenvalue weighted by molar-refractivity contribution is -0.124. The summed E-state index contributed by atoms with van der Waals surface area (Å²) in [7, 11) is 0. The third kappa shape index (κ3) is 3.63. The van der Waals surface area contributed by atoms with Gasteiger partial charge in [0.25, 0.3) is 0 Å². The summed E-state index contributed by atoms with van der Waals surface area (Å²) in [6, 6.07) is 7.42. The van der Waals surface area contributed by atoms with E-state index in [9.17, 15) is 13.6 Å². The van der Waals surface area contributed by atoms with Gasteiger partial charge in [-0.25, -0.2) is 8.78 Å². The number of rotatable bonds is 2. The molecular formula is C13H14F2INO. The number of carbonyl (C=O) groups is 1. The molecule has 0 atom stereocenters. The van der Waals surface area contributed by atoms with Crippen LogP contribution in [0.3, 0.4) is 0 Å². The fraction of sp³-hybridized carbons (Fsp3) is 0.462. The maximum absolute atomic E-state index is 13.0. The minimum atomic E-state index is -2.58. The molecule has 1 amide bonds. The average molecular weight is 365 g/mol. The van der Waals surface area contributed by atoms with E-state index in [4.69, 9.17) is 0 Å². The van der Waals surface area contributed by atoms with Crippen molar-refractivity contribution in [1.29, 1.82) is 0 Å². The minimum absolute atomic E-state index is 0.147. The van der Waals surface area contributed by atoms with Gasteiger partial charge in [-0.2, -0.15) is 0 Å². The summed E-state index contributed by atoms with van der Waals surface area (Å²) < 4.78 is 27.0. The Morgan fingerprint density at radius 2 is 1.78 bits per heavy atom. The third-order valence-corrected chi connectivity index (χ3v) is 3.92. The van der Waals surface area contributed by atoms with Crippen LogP contribution in [-0.2, 0) is 4.79 Å². The van der Waals surface area contributed by atoms with E-state index >= 15 is 0 Å². The van der Waals surface area contributed by atoms with Crippen molar-refractivity contribution in [2.75, 3.05) is 5.32 Å². The normalized spacial score (nSPS) is 19.5. The Morgan fingerprint density at radius 1 is 1.22 bits per heavy atom. The van der Waals surface area contributed by atoms with Crippen molar-refractivity contribution in [3.8, 4) is 0 Å². The lowest BCUT2D eigenvalue weighted by Crippen LogP contribution is -2.31. The highest BCUT2D eigenvalue weighted by atomic mass is 127. The van der Waals surface area contributed by atoms with E-state index in [1.807, 2.05) is 24.3 Å². The van der Waals surface area contributed by atoms with Crippen molar-refractivity contribution >= 4 is 34.2 Å². The monoisotopic (exact) mass is 365 g/mol. The van der Waals surface area contributed by atoms with Crippen molar-refractivity contribution in [3.63, 3.8) is 0 Å². The lowest BCUT2D eigenvalue weighted by Gasteiger charge is -2.27. The number of hydrogen-bond donors (Lipinski definition) is 1. The highest BCUT2D eigenvalue weighted by Gasteiger charge is 2.37. The highest BCUT2D eigenvalue weighted by Crippen LogP contribution is 2.36. The molecule has 1 saturated carbocycles. The summed E-state index contributed by atoms with van der Waals surface area (Å²) in [5.74, 6) is -3.02. The zero-order valence-electron chi connectivity index (χ0n) is 9.76. The molecule has 2 nitrogen and oxygen atoms in total. The molecule has 1 aliphatic carbocycles. The van der Waals surface area contributed by atoms with Crippen molar-refractivity contribution in [3.05, 3.63) is 27.8 Å². The number of nitrogens with one attached hydrogen (secondary N) is 1. The molecule has 0 aliphatic heterocycles. The van der Waals surface area contributed by atoms with Gasteiger partial charge >= 0.3 is 0 Å². The molecule has 1 N–H and O–H groups in total. The molecule has 5 heteroatoms. The zero-order valence-corrected chi connectivity index (χ0v) is 11.9. The molecule has 0 aromatic heterocycles. The minimum Gasteiger partial charge on any atom is -0.326 e. The van der Waals surface area contributed by atoms with Gasteiger partial charge in [-0.15, -0.1) is 0 Å². The number of benzene rings is 1. The molecule has 18 heavy (non-hydrogen) atoms. The second-order valence-electron chi connectivity index (χ2n) is 4.63. The topological polar surface area (TPSA) is 29.1 Å². The van der Waals surface area contributed by atoms with Gasteiger partial charge in [0.2, 0.25) is 11.8 Å². The zero-order chi connectivity index (χ0) is 13.2.